The molecule has 4 nitrogen and oxygen atoms in total. The number of halogens is 1. The number of sulfonamides is 1. The van der Waals surface area contributed by atoms with Gasteiger partial charge in [0.15, 0.2) is 0 Å². The fraction of sp³-hybridized carbons (Fsp3) is 0.600. The second-order valence-electron chi connectivity index (χ2n) is 6.00. The van der Waals surface area contributed by atoms with Crippen LogP contribution in [0, 0.1) is 25.6 Å². The Balaban J connectivity index is 2.09. The molecule has 0 spiro atoms. The first-order valence-electron chi connectivity index (χ1n) is 7.31. The van der Waals surface area contributed by atoms with Crippen molar-refractivity contribution in [2.45, 2.75) is 50.5 Å². The van der Waals surface area contributed by atoms with Crippen molar-refractivity contribution in [3.8, 4) is 0 Å². The molecule has 0 radical (unpaired) electrons. The maximum Gasteiger partial charge on any atom is 0.241 e. The minimum absolute atomic E-state index is 0.191. The van der Waals surface area contributed by atoms with E-state index in [4.69, 9.17) is 5.73 Å². The van der Waals surface area contributed by atoms with Crippen molar-refractivity contribution in [3.05, 3.63) is 29.1 Å². The van der Waals surface area contributed by atoms with Gasteiger partial charge in [0.05, 0.1) is 4.90 Å². The topological polar surface area (TPSA) is 72.2 Å². The SMILES string of the molecule is Cc1cc(F)cc(C)c1S(=O)(=O)NCC1CCC(N)CC1. The Hall–Kier alpha value is -0.980. The highest BCUT2D eigenvalue weighted by atomic mass is 32.2. The van der Waals surface area contributed by atoms with Gasteiger partial charge in [0.25, 0.3) is 0 Å². The molecule has 3 N–H and O–H groups in total. The van der Waals surface area contributed by atoms with Crippen LogP contribution in [0.2, 0.25) is 0 Å². The second-order valence-corrected chi connectivity index (χ2v) is 7.71. The third kappa shape index (κ3) is 4.02. The Bertz CT molecular complexity index is 585. The molecular weight excluding hydrogens is 291 g/mol. The summed E-state index contributed by atoms with van der Waals surface area (Å²) in [6.07, 6.45) is 3.79. The van der Waals surface area contributed by atoms with E-state index in [1.54, 1.807) is 13.8 Å². The number of aryl methyl sites for hydroxylation is 2. The lowest BCUT2D eigenvalue weighted by molar-refractivity contribution is 0.326. The minimum atomic E-state index is -3.60. The van der Waals surface area contributed by atoms with E-state index >= 15 is 0 Å². The first-order chi connectivity index (χ1) is 9.79. The molecule has 0 atom stereocenters. The van der Waals surface area contributed by atoms with Crippen LogP contribution in [-0.2, 0) is 10.0 Å². The summed E-state index contributed by atoms with van der Waals surface area (Å²) in [4.78, 5) is 0.191. The number of nitrogens with two attached hydrogens (primary N) is 1. The molecule has 1 aliphatic rings. The smallest absolute Gasteiger partial charge is 0.241 e. The Kier molecular flexibility index (Phi) is 5.01. The molecule has 1 aromatic carbocycles. The number of hydrogen-bond donors (Lipinski definition) is 2. The van der Waals surface area contributed by atoms with Crippen molar-refractivity contribution >= 4 is 10.0 Å². The zero-order valence-electron chi connectivity index (χ0n) is 12.5. The number of benzene rings is 1. The molecule has 0 heterocycles. The van der Waals surface area contributed by atoms with E-state index in [-0.39, 0.29) is 10.9 Å². The minimum Gasteiger partial charge on any atom is -0.328 e. The Morgan fingerprint density at radius 3 is 2.24 bits per heavy atom. The fourth-order valence-corrected chi connectivity index (χ4v) is 4.58. The van der Waals surface area contributed by atoms with Gasteiger partial charge >= 0.3 is 0 Å². The predicted molar refractivity (Wildman–Crippen MR) is 81.0 cm³/mol. The molecule has 1 saturated carbocycles. The standard InChI is InChI=1S/C15H23FN2O2S/c1-10-7-13(16)8-11(2)15(10)21(19,20)18-9-12-3-5-14(17)6-4-12/h7-8,12,14,18H,3-6,9,17H2,1-2H3. The molecule has 0 aliphatic heterocycles. The maximum atomic E-state index is 13.3. The van der Waals surface area contributed by atoms with Crippen LogP contribution < -0.4 is 10.5 Å². The van der Waals surface area contributed by atoms with Crippen LogP contribution in [0.5, 0.6) is 0 Å². The van der Waals surface area contributed by atoms with Gasteiger partial charge in [-0.25, -0.2) is 17.5 Å². The van der Waals surface area contributed by atoms with Crippen molar-refractivity contribution in [2.24, 2.45) is 11.7 Å². The molecule has 1 fully saturated rings. The molecule has 0 saturated heterocycles. The second kappa shape index (κ2) is 6.42. The van der Waals surface area contributed by atoms with E-state index in [1.807, 2.05) is 0 Å². The zero-order chi connectivity index (χ0) is 15.6. The van der Waals surface area contributed by atoms with Crippen molar-refractivity contribution in [2.75, 3.05) is 6.54 Å². The summed E-state index contributed by atoms with van der Waals surface area (Å²) in [6, 6.07) is 2.75. The van der Waals surface area contributed by atoms with Crippen LogP contribution >= 0.6 is 0 Å². The highest BCUT2D eigenvalue weighted by molar-refractivity contribution is 7.89. The molecule has 0 amide bonds. The first kappa shape index (κ1) is 16.4. The summed E-state index contributed by atoms with van der Waals surface area (Å²) in [5.74, 6) is -0.0779. The van der Waals surface area contributed by atoms with Gasteiger partial charge in [0, 0.05) is 12.6 Å². The van der Waals surface area contributed by atoms with Crippen LogP contribution in [0.4, 0.5) is 4.39 Å². The van der Waals surface area contributed by atoms with Crippen LogP contribution in [0.15, 0.2) is 17.0 Å². The maximum absolute atomic E-state index is 13.3. The van der Waals surface area contributed by atoms with E-state index in [0.29, 0.717) is 23.6 Å². The monoisotopic (exact) mass is 314 g/mol. The highest BCUT2D eigenvalue weighted by Gasteiger charge is 2.24. The molecule has 0 unspecified atom stereocenters. The quantitative estimate of drug-likeness (QED) is 0.895. The highest BCUT2D eigenvalue weighted by Crippen LogP contribution is 2.24. The van der Waals surface area contributed by atoms with Gasteiger partial charge in [-0.1, -0.05) is 0 Å². The fourth-order valence-electron chi connectivity index (χ4n) is 3.01. The van der Waals surface area contributed by atoms with Crippen molar-refractivity contribution in [1.29, 1.82) is 0 Å². The lowest BCUT2D eigenvalue weighted by Gasteiger charge is -2.26. The molecule has 0 aromatic heterocycles. The molecule has 0 bridgehead atoms. The van der Waals surface area contributed by atoms with Crippen LogP contribution in [0.3, 0.4) is 0 Å². The van der Waals surface area contributed by atoms with Gasteiger partial charge in [-0.3, -0.25) is 0 Å². The average molecular weight is 314 g/mol. The van der Waals surface area contributed by atoms with Gasteiger partial charge in [-0.2, -0.15) is 0 Å². The summed E-state index contributed by atoms with van der Waals surface area (Å²) >= 11 is 0. The Labute approximate surface area is 126 Å². The van der Waals surface area contributed by atoms with E-state index in [1.165, 1.54) is 12.1 Å². The van der Waals surface area contributed by atoms with Crippen molar-refractivity contribution < 1.29 is 12.8 Å². The van der Waals surface area contributed by atoms with E-state index < -0.39 is 15.8 Å². The zero-order valence-corrected chi connectivity index (χ0v) is 13.3. The molecule has 2 rings (SSSR count). The van der Waals surface area contributed by atoms with Crippen LogP contribution in [0.25, 0.3) is 0 Å². The molecule has 21 heavy (non-hydrogen) atoms. The Morgan fingerprint density at radius 2 is 1.71 bits per heavy atom. The van der Waals surface area contributed by atoms with E-state index in [9.17, 15) is 12.8 Å². The molecular formula is C15H23FN2O2S. The Morgan fingerprint density at radius 1 is 1.19 bits per heavy atom. The summed E-state index contributed by atoms with van der Waals surface area (Å²) in [7, 11) is -3.60. The number of nitrogens with one attached hydrogen (secondary N) is 1. The summed E-state index contributed by atoms with van der Waals surface area (Å²) in [6.45, 7) is 3.65. The van der Waals surface area contributed by atoms with Gasteiger partial charge in [-0.15, -0.1) is 0 Å². The summed E-state index contributed by atoms with van der Waals surface area (Å²) in [5, 5.41) is 0. The van der Waals surface area contributed by atoms with Gasteiger partial charge in [-0.05, 0) is 68.7 Å². The first-order valence-corrected chi connectivity index (χ1v) is 8.80. The number of rotatable bonds is 4. The van der Waals surface area contributed by atoms with Gasteiger partial charge < -0.3 is 5.73 Å². The third-order valence-electron chi connectivity index (χ3n) is 4.15. The molecule has 1 aromatic rings. The lowest BCUT2D eigenvalue weighted by atomic mass is 9.87. The molecule has 6 heteroatoms. The normalized spacial score (nSPS) is 23.2. The van der Waals surface area contributed by atoms with Crippen LogP contribution in [0.1, 0.15) is 36.8 Å². The van der Waals surface area contributed by atoms with Gasteiger partial charge in [0.2, 0.25) is 10.0 Å². The molecule has 118 valence electrons. The predicted octanol–water partition coefficient (Wildman–Crippen LogP) is 2.24. The average Bonchev–Trinajstić information content (AvgIpc) is 2.36. The van der Waals surface area contributed by atoms with Gasteiger partial charge in [0.1, 0.15) is 5.82 Å². The third-order valence-corrected chi connectivity index (χ3v) is 5.88. The van der Waals surface area contributed by atoms with E-state index in [0.717, 1.165) is 25.7 Å². The number of hydrogen-bond acceptors (Lipinski definition) is 3. The summed E-state index contributed by atoms with van der Waals surface area (Å²) in [5.41, 5.74) is 6.72. The summed E-state index contributed by atoms with van der Waals surface area (Å²) < 4.78 is 40.8. The molecule has 1 aliphatic carbocycles. The van der Waals surface area contributed by atoms with E-state index in [2.05, 4.69) is 4.72 Å². The van der Waals surface area contributed by atoms with Crippen molar-refractivity contribution in [3.63, 3.8) is 0 Å². The van der Waals surface area contributed by atoms with Crippen molar-refractivity contribution in [1.82, 2.24) is 4.72 Å². The lowest BCUT2D eigenvalue weighted by Crippen LogP contribution is -2.34. The largest absolute Gasteiger partial charge is 0.328 e. The van der Waals surface area contributed by atoms with Crippen LogP contribution in [-0.4, -0.2) is 21.0 Å².